The number of hydrogen-bond donors (Lipinski definition) is 2. The Balaban J connectivity index is 1.41. The van der Waals surface area contributed by atoms with Gasteiger partial charge >= 0.3 is 6.03 Å². The molecule has 2 aliphatic heterocycles. The van der Waals surface area contributed by atoms with Crippen molar-refractivity contribution in [2.75, 3.05) is 32.7 Å². The quantitative estimate of drug-likeness (QED) is 0.720. The van der Waals surface area contributed by atoms with Crippen molar-refractivity contribution < 1.29 is 9.59 Å². The van der Waals surface area contributed by atoms with E-state index in [1.807, 2.05) is 4.90 Å². The third-order valence-electron chi connectivity index (χ3n) is 5.82. The average molecular weight is 351 g/mol. The molecule has 0 bridgehead atoms. The summed E-state index contributed by atoms with van der Waals surface area (Å²) >= 11 is 0. The van der Waals surface area contributed by atoms with E-state index in [4.69, 9.17) is 0 Å². The lowest BCUT2D eigenvalue weighted by molar-refractivity contribution is -0.127. The topological polar surface area (TPSA) is 64.7 Å². The van der Waals surface area contributed by atoms with E-state index in [1.165, 1.54) is 0 Å². The summed E-state index contributed by atoms with van der Waals surface area (Å²) in [5, 5.41) is 6.18. The van der Waals surface area contributed by atoms with E-state index >= 15 is 0 Å². The first-order chi connectivity index (χ1) is 12.2. The number of urea groups is 1. The predicted molar refractivity (Wildman–Crippen MR) is 98.4 cm³/mol. The maximum atomic E-state index is 12.3. The molecule has 0 aromatic carbocycles. The Morgan fingerprint density at radius 2 is 1.80 bits per heavy atom. The number of amides is 3. The van der Waals surface area contributed by atoms with E-state index < -0.39 is 0 Å². The molecule has 3 rings (SSSR count). The molecule has 6 heteroatoms. The molecule has 1 atom stereocenters. The molecule has 0 aromatic rings. The van der Waals surface area contributed by atoms with Gasteiger partial charge < -0.3 is 15.5 Å². The molecular formula is C19H34N4O2. The molecule has 3 amide bonds. The van der Waals surface area contributed by atoms with Gasteiger partial charge in [0.15, 0.2) is 0 Å². The van der Waals surface area contributed by atoms with Crippen molar-refractivity contribution >= 4 is 11.9 Å². The minimum atomic E-state index is 0.0900. The minimum absolute atomic E-state index is 0.0900. The van der Waals surface area contributed by atoms with Crippen LogP contribution in [-0.4, -0.2) is 66.5 Å². The van der Waals surface area contributed by atoms with E-state index in [1.54, 1.807) is 0 Å². The van der Waals surface area contributed by atoms with Crippen molar-refractivity contribution in [3.05, 3.63) is 0 Å². The summed E-state index contributed by atoms with van der Waals surface area (Å²) in [6.07, 6.45) is 8.64. The maximum Gasteiger partial charge on any atom is 0.317 e. The zero-order valence-electron chi connectivity index (χ0n) is 15.6. The molecule has 2 N–H and O–H groups in total. The van der Waals surface area contributed by atoms with Crippen LogP contribution in [0.3, 0.4) is 0 Å². The smallest absolute Gasteiger partial charge is 0.317 e. The second-order valence-electron chi connectivity index (χ2n) is 7.92. The van der Waals surface area contributed by atoms with Crippen molar-refractivity contribution in [1.82, 2.24) is 20.4 Å². The van der Waals surface area contributed by atoms with Crippen LogP contribution in [0.2, 0.25) is 0 Å². The number of carbonyl (C=O) groups is 2. The highest BCUT2D eigenvalue weighted by Gasteiger charge is 2.34. The molecule has 0 spiro atoms. The van der Waals surface area contributed by atoms with Gasteiger partial charge in [0.2, 0.25) is 5.91 Å². The van der Waals surface area contributed by atoms with Gasteiger partial charge in [0.05, 0.1) is 5.92 Å². The first kappa shape index (κ1) is 18.5. The highest BCUT2D eigenvalue weighted by atomic mass is 16.2. The summed E-state index contributed by atoms with van der Waals surface area (Å²) in [5.74, 6) is 0.421. The SMILES string of the molecule is CCCCNC(=O)N1CCC(N2CCC[C@H](C(=O)NC3CC3)C2)CC1. The number of carbonyl (C=O) groups excluding carboxylic acids is 2. The van der Waals surface area contributed by atoms with Gasteiger partial charge in [-0.2, -0.15) is 0 Å². The van der Waals surface area contributed by atoms with Crippen molar-refractivity contribution in [2.24, 2.45) is 5.92 Å². The van der Waals surface area contributed by atoms with E-state index in [9.17, 15) is 9.59 Å². The number of nitrogens with one attached hydrogen (secondary N) is 2. The summed E-state index contributed by atoms with van der Waals surface area (Å²) in [7, 11) is 0. The summed E-state index contributed by atoms with van der Waals surface area (Å²) < 4.78 is 0. The Labute approximate surface area is 151 Å². The van der Waals surface area contributed by atoms with E-state index in [2.05, 4.69) is 22.5 Å². The number of unbranched alkanes of at least 4 members (excludes halogenated alkanes) is 1. The third-order valence-corrected chi connectivity index (χ3v) is 5.82. The summed E-state index contributed by atoms with van der Waals surface area (Å²) in [4.78, 5) is 29.0. The number of likely N-dealkylation sites (tertiary alicyclic amines) is 2. The second-order valence-corrected chi connectivity index (χ2v) is 7.92. The van der Waals surface area contributed by atoms with Crippen LogP contribution in [0.5, 0.6) is 0 Å². The molecule has 6 nitrogen and oxygen atoms in total. The standard InChI is InChI=1S/C19H34N4O2/c1-2-3-10-20-19(25)22-12-8-17(9-13-22)23-11-4-5-15(14-23)18(24)21-16-6-7-16/h15-17H,2-14H2,1H3,(H,20,25)(H,21,24)/t15-/m0/s1. The first-order valence-corrected chi connectivity index (χ1v) is 10.2. The zero-order chi connectivity index (χ0) is 17.6. The lowest BCUT2D eigenvalue weighted by Crippen LogP contribution is -2.53. The molecule has 2 saturated heterocycles. The Bertz CT molecular complexity index is 458. The van der Waals surface area contributed by atoms with Crippen LogP contribution in [0.15, 0.2) is 0 Å². The molecule has 3 aliphatic rings. The van der Waals surface area contributed by atoms with Crippen LogP contribution in [0.25, 0.3) is 0 Å². The van der Waals surface area contributed by atoms with E-state index in [0.29, 0.717) is 12.1 Å². The maximum absolute atomic E-state index is 12.3. The molecular weight excluding hydrogens is 316 g/mol. The normalized spacial score (nSPS) is 25.6. The lowest BCUT2D eigenvalue weighted by Gasteiger charge is -2.42. The predicted octanol–water partition coefficient (Wildman–Crippen LogP) is 1.95. The van der Waals surface area contributed by atoms with Crippen LogP contribution in [0, 0.1) is 5.92 Å². The van der Waals surface area contributed by atoms with Crippen LogP contribution >= 0.6 is 0 Å². The Morgan fingerprint density at radius 3 is 2.48 bits per heavy atom. The van der Waals surface area contributed by atoms with Crippen molar-refractivity contribution in [3.63, 3.8) is 0 Å². The van der Waals surface area contributed by atoms with Crippen LogP contribution in [0.4, 0.5) is 4.79 Å². The van der Waals surface area contributed by atoms with Gasteiger partial charge in [0.25, 0.3) is 0 Å². The fraction of sp³-hybridized carbons (Fsp3) is 0.895. The second kappa shape index (κ2) is 8.88. The Morgan fingerprint density at radius 1 is 1.04 bits per heavy atom. The molecule has 1 saturated carbocycles. The molecule has 2 heterocycles. The largest absolute Gasteiger partial charge is 0.353 e. The molecule has 1 aliphatic carbocycles. The summed E-state index contributed by atoms with van der Waals surface area (Å²) in [6, 6.07) is 1.07. The zero-order valence-corrected chi connectivity index (χ0v) is 15.6. The van der Waals surface area contributed by atoms with Crippen LogP contribution < -0.4 is 10.6 Å². The monoisotopic (exact) mass is 350 g/mol. The van der Waals surface area contributed by atoms with Crippen molar-refractivity contribution in [3.8, 4) is 0 Å². The fourth-order valence-electron chi connectivity index (χ4n) is 4.02. The van der Waals surface area contributed by atoms with E-state index in [0.717, 1.165) is 84.1 Å². The summed E-state index contributed by atoms with van der Waals surface area (Å²) in [5.41, 5.74) is 0. The summed E-state index contributed by atoms with van der Waals surface area (Å²) in [6.45, 7) is 6.57. The third kappa shape index (κ3) is 5.33. The van der Waals surface area contributed by atoms with Gasteiger partial charge in [-0.3, -0.25) is 9.69 Å². The molecule has 0 radical (unpaired) electrons. The van der Waals surface area contributed by atoms with Gasteiger partial charge in [-0.25, -0.2) is 4.79 Å². The molecule has 3 fully saturated rings. The highest BCUT2D eigenvalue weighted by molar-refractivity contribution is 5.79. The first-order valence-electron chi connectivity index (χ1n) is 10.2. The number of nitrogens with zero attached hydrogens (tertiary/aromatic N) is 2. The van der Waals surface area contributed by atoms with Crippen molar-refractivity contribution in [1.29, 1.82) is 0 Å². The number of hydrogen-bond acceptors (Lipinski definition) is 3. The fourth-order valence-corrected chi connectivity index (χ4v) is 4.02. The van der Waals surface area contributed by atoms with Gasteiger partial charge in [-0.1, -0.05) is 13.3 Å². The Kier molecular flexibility index (Phi) is 6.57. The van der Waals surface area contributed by atoms with Crippen molar-refractivity contribution in [2.45, 2.75) is 70.4 Å². The van der Waals surface area contributed by atoms with Crippen LogP contribution in [-0.2, 0) is 4.79 Å². The van der Waals surface area contributed by atoms with Crippen LogP contribution in [0.1, 0.15) is 58.3 Å². The molecule has 0 unspecified atom stereocenters. The van der Waals surface area contributed by atoms with Gasteiger partial charge in [0.1, 0.15) is 0 Å². The Hall–Kier alpha value is -1.30. The van der Waals surface area contributed by atoms with Gasteiger partial charge in [-0.15, -0.1) is 0 Å². The molecule has 142 valence electrons. The number of piperidine rings is 2. The molecule has 0 aromatic heterocycles. The van der Waals surface area contributed by atoms with E-state index in [-0.39, 0.29) is 17.9 Å². The van der Waals surface area contributed by atoms with Gasteiger partial charge in [0, 0.05) is 38.3 Å². The minimum Gasteiger partial charge on any atom is -0.353 e. The van der Waals surface area contributed by atoms with Gasteiger partial charge in [-0.05, 0) is 51.5 Å². The average Bonchev–Trinajstić information content (AvgIpc) is 3.46. The highest BCUT2D eigenvalue weighted by Crippen LogP contribution is 2.25. The molecule has 25 heavy (non-hydrogen) atoms. The number of rotatable bonds is 6. The lowest BCUT2D eigenvalue weighted by atomic mass is 9.93.